The first kappa shape index (κ1) is 24.3. The van der Waals surface area contributed by atoms with Crippen molar-refractivity contribution in [2.75, 3.05) is 18.0 Å². The van der Waals surface area contributed by atoms with E-state index in [-0.39, 0.29) is 21.9 Å². The molecule has 0 N–H and O–H groups in total. The van der Waals surface area contributed by atoms with Crippen molar-refractivity contribution >= 4 is 32.9 Å². The molecule has 1 heterocycles. The van der Waals surface area contributed by atoms with Crippen molar-refractivity contribution in [3.8, 4) is 0 Å². The molecule has 7 nitrogen and oxygen atoms in total. The third-order valence-corrected chi connectivity index (χ3v) is 7.55. The smallest absolute Gasteiger partial charge is 0.333 e. The van der Waals surface area contributed by atoms with Crippen LogP contribution in [-0.2, 0) is 19.4 Å². The standard InChI is InChI=1S/C27H27N3O4S/c1-20(2)27(31)34-24-16-18-30(19-17-24)23-12-8-21(9-13-23)28-29-22-10-14-26(15-11-22)35(32,33)25-6-4-3-5-7-25/h3-15,24H,1,16-19H2,2H3. The summed E-state index contributed by atoms with van der Waals surface area (Å²) < 4.78 is 30.8. The Balaban J connectivity index is 1.34. The number of carbonyl (C=O) groups excluding carboxylic acids is 1. The maximum atomic E-state index is 12.7. The zero-order chi connectivity index (χ0) is 24.8. The molecule has 4 rings (SSSR count). The Morgan fingerprint density at radius 3 is 1.91 bits per heavy atom. The Morgan fingerprint density at radius 1 is 0.857 bits per heavy atom. The van der Waals surface area contributed by atoms with Crippen molar-refractivity contribution in [1.82, 2.24) is 0 Å². The molecule has 1 aliphatic heterocycles. The van der Waals surface area contributed by atoms with E-state index in [0.717, 1.165) is 31.6 Å². The van der Waals surface area contributed by atoms with Crippen molar-refractivity contribution in [3.05, 3.63) is 91.0 Å². The molecular formula is C27H27N3O4S. The van der Waals surface area contributed by atoms with E-state index in [1.54, 1.807) is 49.4 Å². The van der Waals surface area contributed by atoms with Gasteiger partial charge in [-0.25, -0.2) is 13.2 Å². The Labute approximate surface area is 205 Å². The van der Waals surface area contributed by atoms with Crippen LogP contribution in [0.2, 0.25) is 0 Å². The van der Waals surface area contributed by atoms with Crippen molar-refractivity contribution in [2.24, 2.45) is 10.2 Å². The minimum absolute atomic E-state index is 0.0717. The lowest BCUT2D eigenvalue weighted by Gasteiger charge is -2.33. The van der Waals surface area contributed by atoms with Gasteiger partial charge < -0.3 is 9.64 Å². The van der Waals surface area contributed by atoms with E-state index in [9.17, 15) is 13.2 Å². The van der Waals surface area contributed by atoms with Crippen molar-refractivity contribution < 1.29 is 17.9 Å². The highest BCUT2D eigenvalue weighted by atomic mass is 32.2. The quantitative estimate of drug-likeness (QED) is 0.230. The second kappa shape index (κ2) is 10.7. The van der Waals surface area contributed by atoms with Crippen molar-refractivity contribution in [1.29, 1.82) is 0 Å². The predicted molar refractivity (Wildman–Crippen MR) is 135 cm³/mol. The van der Waals surface area contributed by atoms with Gasteiger partial charge in [-0.15, -0.1) is 0 Å². The van der Waals surface area contributed by atoms with Gasteiger partial charge in [-0.3, -0.25) is 0 Å². The van der Waals surface area contributed by atoms with E-state index in [1.807, 2.05) is 24.3 Å². The highest BCUT2D eigenvalue weighted by Gasteiger charge is 2.22. The Bertz CT molecular complexity index is 1310. The molecule has 3 aromatic rings. The first-order valence-corrected chi connectivity index (χ1v) is 12.8. The number of nitrogens with zero attached hydrogens (tertiary/aromatic N) is 3. The highest BCUT2D eigenvalue weighted by molar-refractivity contribution is 7.91. The second-order valence-electron chi connectivity index (χ2n) is 8.40. The Hall–Kier alpha value is -3.78. The lowest BCUT2D eigenvalue weighted by Crippen LogP contribution is -2.37. The molecule has 8 heteroatoms. The van der Waals surface area contributed by atoms with E-state index < -0.39 is 9.84 Å². The molecule has 3 aromatic carbocycles. The number of carbonyl (C=O) groups is 1. The lowest BCUT2D eigenvalue weighted by molar-refractivity contribution is -0.145. The van der Waals surface area contributed by atoms with Gasteiger partial charge in [0.1, 0.15) is 6.10 Å². The number of anilines is 1. The fourth-order valence-electron chi connectivity index (χ4n) is 3.76. The van der Waals surface area contributed by atoms with Crippen LogP contribution in [0.25, 0.3) is 0 Å². The van der Waals surface area contributed by atoms with Gasteiger partial charge in [-0.05, 0) is 67.6 Å². The fourth-order valence-corrected chi connectivity index (χ4v) is 5.04. The zero-order valence-electron chi connectivity index (χ0n) is 19.5. The van der Waals surface area contributed by atoms with Crippen LogP contribution in [0, 0.1) is 0 Å². The third kappa shape index (κ3) is 6.02. The summed E-state index contributed by atoms with van der Waals surface area (Å²) in [5.41, 5.74) is 2.75. The van der Waals surface area contributed by atoms with Gasteiger partial charge in [0.05, 0.1) is 21.2 Å². The zero-order valence-corrected chi connectivity index (χ0v) is 20.3. The Kier molecular flexibility index (Phi) is 7.41. The average molecular weight is 490 g/mol. The first-order chi connectivity index (χ1) is 16.8. The topological polar surface area (TPSA) is 88.4 Å². The maximum absolute atomic E-state index is 12.7. The van der Waals surface area contributed by atoms with Crippen LogP contribution < -0.4 is 4.90 Å². The SMILES string of the molecule is C=C(C)C(=O)OC1CCN(c2ccc(N=Nc3ccc(S(=O)(=O)c4ccccc4)cc3)cc2)CC1. The largest absolute Gasteiger partial charge is 0.459 e. The van der Waals surface area contributed by atoms with Gasteiger partial charge in [-0.2, -0.15) is 10.2 Å². The molecule has 0 aliphatic carbocycles. The van der Waals surface area contributed by atoms with Crippen LogP contribution in [0.4, 0.5) is 17.1 Å². The molecule has 0 spiro atoms. The number of hydrogen-bond donors (Lipinski definition) is 0. The van der Waals surface area contributed by atoms with Crippen LogP contribution in [-0.4, -0.2) is 33.6 Å². The average Bonchev–Trinajstić information content (AvgIpc) is 2.89. The molecule has 0 atom stereocenters. The van der Waals surface area contributed by atoms with Gasteiger partial charge in [-0.1, -0.05) is 24.8 Å². The highest BCUT2D eigenvalue weighted by Crippen LogP contribution is 2.27. The van der Waals surface area contributed by atoms with Crippen molar-refractivity contribution in [3.63, 3.8) is 0 Å². The Morgan fingerprint density at radius 2 is 1.37 bits per heavy atom. The number of azo groups is 1. The van der Waals surface area contributed by atoms with Crippen LogP contribution in [0.3, 0.4) is 0 Å². The maximum Gasteiger partial charge on any atom is 0.333 e. The number of benzene rings is 3. The molecule has 1 saturated heterocycles. The van der Waals surface area contributed by atoms with Crippen LogP contribution in [0.1, 0.15) is 19.8 Å². The number of sulfone groups is 1. The third-order valence-electron chi connectivity index (χ3n) is 5.76. The summed E-state index contributed by atoms with van der Waals surface area (Å²) in [7, 11) is -3.56. The summed E-state index contributed by atoms with van der Waals surface area (Å²) in [5, 5.41) is 8.49. The van der Waals surface area contributed by atoms with E-state index in [1.165, 1.54) is 12.1 Å². The molecule has 0 amide bonds. The number of hydrogen-bond acceptors (Lipinski definition) is 7. The van der Waals surface area contributed by atoms with Gasteiger partial charge >= 0.3 is 5.97 Å². The monoisotopic (exact) mass is 489 g/mol. The van der Waals surface area contributed by atoms with Gasteiger partial charge in [0.25, 0.3) is 0 Å². The second-order valence-corrected chi connectivity index (χ2v) is 10.3. The summed E-state index contributed by atoms with van der Waals surface area (Å²) in [4.78, 5) is 14.4. The van der Waals surface area contributed by atoms with E-state index in [2.05, 4.69) is 21.7 Å². The predicted octanol–water partition coefficient (Wildman–Crippen LogP) is 6.02. The van der Waals surface area contributed by atoms with Crippen LogP contribution >= 0.6 is 0 Å². The summed E-state index contributed by atoms with van der Waals surface area (Å²) in [6.45, 7) is 6.88. The number of piperidine rings is 1. The molecule has 0 unspecified atom stereocenters. The lowest BCUT2D eigenvalue weighted by atomic mass is 10.1. The van der Waals surface area contributed by atoms with Crippen LogP contribution in [0.5, 0.6) is 0 Å². The number of ether oxygens (including phenoxy) is 1. The normalized spacial score (nSPS) is 14.7. The summed E-state index contributed by atoms with van der Waals surface area (Å²) in [5.74, 6) is -0.328. The molecule has 1 fully saturated rings. The van der Waals surface area contributed by atoms with Crippen molar-refractivity contribution in [2.45, 2.75) is 35.7 Å². The first-order valence-electron chi connectivity index (χ1n) is 11.4. The molecule has 180 valence electrons. The van der Waals surface area contributed by atoms with Crippen LogP contribution in [0.15, 0.2) is 111 Å². The molecular weight excluding hydrogens is 462 g/mol. The van der Waals surface area contributed by atoms with Gasteiger partial charge in [0, 0.05) is 37.2 Å². The molecule has 0 saturated carbocycles. The minimum atomic E-state index is -3.56. The molecule has 0 radical (unpaired) electrons. The minimum Gasteiger partial charge on any atom is -0.459 e. The molecule has 0 bridgehead atoms. The van der Waals surface area contributed by atoms with Gasteiger partial charge in [0.2, 0.25) is 9.84 Å². The molecule has 35 heavy (non-hydrogen) atoms. The summed E-state index contributed by atoms with van der Waals surface area (Å²) in [6.07, 6.45) is 1.48. The van der Waals surface area contributed by atoms with Gasteiger partial charge in [0.15, 0.2) is 0 Å². The summed E-state index contributed by atoms with van der Waals surface area (Å²) >= 11 is 0. The number of esters is 1. The molecule has 0 aromatic heterocycles. The molecule has 1 aliphatic rings. The van der Waals surface area contributed by atoms with E-state index in [4.69, 9.17) is 4.74 Å². The van der Waals surface area contributed by atoms with E-state index >= 15 is 0 Å². The summed E-state index contributed by atoms with van der Waals surface area (Å²) in [6, 6.07) is 22.4. The number of rotatable bonds is 7. The van der Waals surface area contributed by atoms with E-state index in [0.29, 0.717) is 16.9 Å². The fraction of sp³-hybridized carbons (Fsp3) is 0.222.